The number of halogens is 2. The van der Waals surface area contributed by atoms with Crippen molar-refractivity contribution < 1.29 is 4.74 Å². The first kappa shape index (κ1) is 19.1. The molecule has 2 aromatic carbocycles. The molecule has 0 aliphatic heterocycles. The number of hydrogen-bond donors (Lipinski definition) is 1. The SMILES string of the molecule is CCOc1ccc(/C=N\Nc2cnn(-c3ccccc3)c(=O)c2Cl)cc1Br. The Morgan fingerprint density at radius 1 is 1.30 bits per heavy atom. The molecule has 0 saturated carbocycles. The number of hydrogen-bond acceptors (Lipinski definition) is 5. The van der Waals surface area contributed by atoms with Gasteiger partial charge in [-0.25, -0.2) is 0 Å². The molecule has 0 bridgehead atoms. The Kier molecular flexibility index (Phi) is 6.26. The summed E-state index contributed by atoms with van der Waals surface area (Å²) in [6.45, 7) is 2.52. The van der Waals surface area contributed by atoms with Gasteiger partial charge in [-0.15, -0.1) is 0 Å². The number of benzene rings is 2. The number of anilines is 1. The van der Waals surface area contributed by atoms with Gasteiger partial charge in [-0.05, 0) is 58.7 Å². The molecule has 1 heterocycles. The van der Waals surface area contributed by atoms with Crippen LogP contribution in [0.15, 0.2) is 69.1 Å². The summed E-state index contributed by atoms with van der Waals surface area (Å²) in [6, 6.07) is 14.7. The van der Waals surface area contributed by atoms with Gasteiger partial charge in [0.25, 0.3) is 5.56 Å². The molecule has 0 amide bonds. The maximum absolute atomic E-state index is 12.4. The Balaban J connectivity index is 1.77. The molecular weight excluding hydrogens is 432 g/mol. The van der Waals surface area contributed by atoms with Crippen molar-refractivity contribution in [2.45, 2.75) is 6.92 Å². The standard InChI is InChI=1S/C19H16BrClN4O2/c1-2-27-17-9-8-13(10-15(17)20)11-22-24-16-12-23-25(19(26)18(16)21)14-6-4-3-5-7-14/h3-12,24H,2H2,1H3/b22-11-. The molecule has 6 nitrogen and oxygen atoms in total. The van der Waals surface area contributed by atoms with E-state index in [0.29, 0.717) is 18.0 Å². The van der Waals surface area contributed by atoms with E-state index in [1.807, 2.05) is 43.3 Å². The molecule has 27 heavy (non-hydrogen) atoms. The molecule has 0 radical (unpaired) electrons. The lowest BCUT2D eigenvalue weighted by Gasteiger charge is -2.08. The molecule has 138 valence electrons. The molecule has 1 aromatic heterocycles. The van der Waals surface area contributed by atoms with Gasteiger partial charge < -0.3 is 4.74 Å². The first-order valence-electron chi connectivity index (χ1n) is 8.15. The number of nitrogens with one attached hydrogen (secondary N) is 1. The third kappa shape index (κ3) is 4.56. The fourth-order valence-corrected chi connectivity index (χ4v) is 2.99. The predicted molar refractivity (Wildman–Crippen MR) is 111 cm³/mol. The maximum atomic E-state index is 12.4. The molecule has 0 aliphatic rings. The zero-order chi connectivity index (χ0) is 19.2. The molecule has 0 atom stereocenters. The third-order valence-electron chi connectivity index (χ3n) is 3.57. The lowest BCUT2D eigenvalue weighted by Crippen LogP contribution is -2.22. The van der Waals surface area contributed by atoms with Crippen molar-refractivity contribution in [1.29, 1.82) is 0 Å². The lowest BCUT2D eigenvalue weighted by atomic mass is 10.2. The van der Waals surface area contributed by atoms with Crippen LogP contribution < -0.4 is 15.7 Å². The van der Waals surface area contributed by atoms with Gasteiger partial charge in [0.2, 0.25) is 0 Å². The van der Waals surface area contributed by atoms with Gasteiger partial charge in [0.15, 0.2) is 0 Å². The molecule has 8 heteroatoms. The van der Waals surface area contributed by atoms with Crippen LogP contribution in [0, 0.1) is 0 Å². The second kappa shape index (κ2) is 8.83. The van der Waals surface area contributed by atoms with Gasteiger partial charge in [0.05, 0.1) is 29.2 Å². The summed E-state index contributed by atoms with van der Waals surface area (Å²) < 4.78 is 7.54. The molecule has 1 N–H and O–H groups in total. The van der Waals surface area contributed by atoms with Crippen LogP contribution in [0.3, 0.4) is 0 Å². The van der Waals surface area contributed by atoms with Crippen molar-refractivity contribution in [3.05, 3.63) is 80.1 Å². The molecule has 0 aliphatic carbocycles. The van der Waals surface area contributed by atoms with E-state index in [9.17, 15) is 4.79 Å². The molecule has 3 rings (SSSR count). The van der Waals surface area contributed by atoms with E-state index in [1.54, 1.807) is 18.3 Å². The summed E-state index contributed by atoms with van der Waals surface area (Å²) in [5.41, 5.74) is 4.14. The number of nitrogens with zero attached hydrogens (tertiary/aromatic N) is 3. The average Bonchev–Trinajstić information content (AvgIpc) is 2.68. The lowest BCUT2D eigenvalue weighted by molar-refractivity contribution is 0.338. The van der Waals surface area contributed by atoms with Crippen LogP contribution in [-0.4, -0.2) is 22.6 Å². The zero-order valence-electron chi connectivity index (χ0n) is 14.4. The van der Waals surface area contributed by atoms with E-state index in [4.69, 9.17) is 16.3 Å². The fourth-order valence-electron chi connectivity index (χ4n) is 2.31. The van der Waals surface area contributed by atoms with Crippen LogP contribution in [0.4, 0.5) is 5.69 Å². The number of ether oxygens (including phenoxy) is 1. The topological polar surface area (TPSA) is 68.5 Å². The summed E-state index contributed by atoms with van der Waals surface area (Å²) in [7, 11) is 0. The Morgan fingerprint density at radius 3 is 2.78 bits per heavy atom. The smallest absolute Gasteiger partial charge is 0.292 e. The number of rotatable bonds is 6. The minimum atomic E-state index is -0.424. The molecule has 0 spiro atoms. The highest BCUT2D eigenvalue weighted by atomic mass is 79.9. The fraction of sp³-hybridized carbons (Fsp3) is 0.105. The van der Waals surface area contributed by atoms with Crippen molar-refractivity contribution in [1.82, 2.24) is 9.78 Å². The van der Waals surface area contributed by atoms with Gasteiger partial charge in [-0.2, -0.15) is 14.9 Å². The predicted octanol–water partition coefficient (Wildman–Crippen LogP) is 4.49. The summed E-state index contributed by atoms with van der Waals surface area (Å²) in [4.78, 5) is 12.4. The summed E-state index contributed by atoms with van der Waals surface area (Å²) in [5.74, 6) is 0.763. The van der Waals surface area contributed by atoms with E-state index in [1.165, 1.54) is 10.9 Å². The highest BCUT2D eigenvalue weighted by Gasteiger charge is 2.10. The summed E-state index contributed by atoms with van der Waals surface area (Å²) >= 11 is 9.63. The normalized spacial score (nSPS) is 10.9. The van der Waals surface area contributed by atoms with Gasteiger partial charge in [-0.3, -0.25) is 10.2 Å². The van der Waals surface area contributed by atoms with Crippen LogP contribution in [0.1, 0.15) is 12.5 Å². The van der Waals surface area contributed by atoms with Crippen LogP contribution in [-0.2, 0) is 0 Å². The summed E-state index contributed by atoms with van der Waals surface area (Å²) in [5, 5.41) is 8.28. The van der Waals surface area contributed by atoms with Crippen molar-refractivity contribution >= 4 is 39.4 Å². The highest BCUT2D eigenvalue weighted by Crippen LogP contribution is 2.25. The number of aromatic nitrogens is 2. The molecule has 0 unspecified atom stereocenters. The van der Waals surface area contributed by atoms with Crippen LogP contribution >= 0.6 is 27.5 Å². The second-order valence-electron chi connectivity index (χ2n) is 5.42. The molecule has 0 fully saturated rings. The van der Waals surface area contributed by atoms with E-state index in [2.05, 4.69) is 31.6 Å². The molecule has 3 aromatic rings. The van der Waals surface area contributed by atoms with Gasteiger partial charge >= 0.3 is 0 Å². The van der Waals surface area contributed by atoms with E-state index in [0.717, 1.165) is 15.8 Å². The largest absolute Gasteiger partial charge is 0.493 e. The van der Waals surface area contributed by atoms with Gasteiger partial charge in [0.1, 0.15) is 16.5 Å². The second-order valence-corrected chi connectivity index (χ2v) is 6.65. The summed E-state index contributed by atoms with van der Waals surface area (Å²) in [6.07, 6.45) is 3.07. The Bertz CT molecular complexity index is 1020. The Morgan fingerprint density at radius 2 is 2.07 bits per heavy atom. The third-order valence-corrected chi connectivity index (χ3v) is 4.56. The minimum Gasteiger partial charge on any atom is -0.493 e. The number of hydrazone groups is 1. The Labute approximate surface area is 169 Å². The van der Waals surface area contributed by atoms with E-state index < -0.39 is 5.56 Å². The van der Waals surface area contributed by atoms with Crippen molar-refractivity contribution in [2.75, 3.05) is 12.0 Å². The molecular formula is C19H16BrClN4O2. The van der Waals surface area contributed by atoms with Crippen molar-refractivity contribution in [2.24, 2.45) is 5.10 Å². The van der Waals surface area contributed by atoms with Crippen LogP contribution in [0.25, 0.3) is 5.69 Å². The highest BCUT2D eigenvalue weighted by molar-refractivity contribution is 9.10. The van der Waals surface area contributed by atoms with Gasteiger partial charge in [-0.1, -0.05) is 29.8 Å². The monoisotopic (exact) mass is 446 g/mol. The molecule has 0 saturated heterocycles. The maximum Gasteiger partial charge on any atom is 0.292 e. The quantitative estimate of drug-likeness (QED) is 0.446. The zero-order valence-corrected chi connectivity index (χ0v) is 16.7. The Hall–Kier alpha value is -2.64. The van der Waals surface area contributed by atoms with Gasteiger partial charge in [0, 0.05) is 0 Å². The first-order valence-corrected chi connectivity index (χ1v) is 9.32. The van der Waals surface area contributed by atoms with Crippen LogP contribution in [0.5, 0.6) is 5.75 Å². The van der Waals surface area contributed by atoms with E-state index in [-0.39, 0.29) is 5.02 Å². The van der Waals surface area contributed by atoms with Crippen molar-refractivity contribution in [3.8, 4) is 11.4 Å². The van der Waals surface area contributed by atoms with E-state index >= 15 is 0 Å². The average molecular weight is 448 g/mol. The van der Waals surface area contributed by atoms with Crippen LogP contribution in [0.2, 0.25) is 5.02 Å². The van der Waals surface area contributed by atoms with Crippen molar-refractivity contribution in [3.63, 3.8) is 0 Å². The number of para-hydroxylation sites is 1. The first-order chi connectivity index (χ1) is 13.1. The minimum absolute atomic E-state index is 0.0128.